The molecule has 0 aliphatic carbocycles. The summed E-state index contributed by atoms with van der Waals surface area (Å²) < 4.78 is 25.3. The van der Waals surface area contributed by atoms with Crippen molar-refractivity contribution in [3.05, 3.63) is 28.8 Å². The monoisotopic (exact) mass is 347 g/mol. The highest BCUT2D eigenvalue weighted by atomic mass is 35.5. The molecule has 0 aromatic heterocycles. The van der Waals surface area contributed by atoms with Crippen molar-refractivity contribution in [3.63, 3.8) is 0 Å². The summed E-state index contributed by atoms with van der Waals surface area (Å²) in [6.07, 6.45) is 0.798. The van der Waals surface area contributed by atoms with Crippen molar-refractivity contribution in [2.45, 2.75) is 11.3 Å². The van der Waals surface area contributed by atoms with E-state index in [1.807, 2.05) is 19.0 Å². The van der Waals surface area contributed by atoms with E-state index in [0.717, 1.165) is 17.3 Å². The summed E-state index contributed by atoms with van der Waals surface area (Å²) >= 11 is 6.01. The molecule has 0 atom stereocenters. The minimum atomic E-state index is -3.60. The predicted molar refractivity (Wildman–Crippen MR) is 87.8 cm³/mol. The number of amides is 1. The molecule has 0 aliphatic heterocycles. The van der Waals surface area contributed by atoms with Crippen LogP contribution in [0, 0.1) is 0 Å². The highest BCUT2D eigenvalue weighted by Gasteiger charge is 2.20. The maximum Gasteiger partial charge on any atom is 0.252 e. The maximum absolute atomic E-state index is 12.1. The summed E-state index contributed by atoms with van der Waals surface area (Å²) in [4.78, 5) is 14.2. The molecular formula is C14H22ClN3O3S. The Bertz CT molecular complexity index is 630. The molecule has 0 saturated carbocycles. The topological polar surface area (TPSA) is 69.7 Å². The average molecular weight is 348 g/mol. The lowest BCUT2D eigenvalue weighted by Crippen LogP contribution is -2.28. The molecule has 0 bridgehead atoms. The zero-order valence-electron chi connectivity index (χ0n) is 13.3. The highest BCUT2D eigenvalue weighted by Crippen LogP contribution is 2.22. The molecule has 22 heavy (non-hydrogen) atoms. The number of sulfonamides is 1. The van der Waals surface area contributed by atoms with E-state index in [1.54, 1.807) is 0 Å². The molecular weight excluding hydrogens is 326 g/mol. The Kier molecular flexibility index (Phi) is 6.80. The fraction of sp³-hybridized carbons (Fsp3) is 0.500. The second-order valence-corrected chi connectivity index (χ2v) is 7.90. The molecule has 6 nitrogen and oxygen atoms in total. The van der Waals surface area contributed by atoms with Crippen molar-refractivity contribution < 1.29 is 13.2 Å². The van der Waals surface area contributed by atoms with Gasteiger partial charge >= 0.3 is 0 Å². The van der Waals surface area contributed by atoms with Crippen LogP contribution in [0.1, 0.15) is 16.8 Å². The molecule has 0 aliphatic rings. The molecule has 1 aromatic carbocycles. The van der Waals surface area contributed by atoms with Gasteiger partial charge in [0.2, 0.25) is 10.0 Å². The number of hydrogen-bond acceptors (Lipinski definition) is 4. The van der Waals surface area contributed by atoms with Crippen LogP contribution < -0.4 is 5.32 Å². The Morgan fingerprint density at radius 2 is 1.86 bits per heavy atom. The minimum absolute atomic E-state index is 0.0420. The first-order valence-corrected chi connectivity index (χ1v) is 8.63. The van der Waals surface area contributed by atoms with Crippen LogP contribution in [0.3, 0.4) is 0 Å². The van der Waals surface area contributed by atoms with Crippen molar-refractivity contribution in [2.24, 2.45) is 0 Å². The van der Waals surface area contributed by atoms with Gasteiger partial charge < -0.3 is 10.2 Å². The lowest BCUT2D eigenvalue weighted by atomic mass is 10.2. The van der Waals surface area contributed by atoms with E-state index in [9.17, 15) is 13.2 Å². The second kappa shape index (κ2) is 7.92. The van der Waals surface area contributed by atoms with Crippen LogP contribution in [0.15, 0.2) is 23.1 Å². The van der Waals surface area contributed by atoms with Gasteiger partial charge in [0, 0.05) is 20.6 Å². The first kappa shape index (κ1) is 18.9. The van der Waals surface area contributed by atoms with E-state index in [-0.39, 0.29) is 21.4 Å². The fourth-order valence-corrected chi connectivity index (χ4v) is 2.87. The molecule has 8 heteroatoms. The van der Waals surface area contributed by atoms with Gasteiger partial charge in [-0.05, 0) is 45.3 Å². The van der Waals surface area contributed by atoms with Gasteiger partial charge in [0.05, 0.1) is 15.5 Å². The molecule has 0 radical (unpaired) electrons. The summed E-state index contributed by atoms with van der Waals surface area (Å²) in [6, 6.07) is 4.12. The fourth-order valence-electron chi connectivity index (χ4n) is 1.74. The Morgan fingerprint density at radius 3 is 2.41 bits per heavy atom. The van der Waals surface area contributed by atoms with Gasteiger partial charge in [-0.15, -0.1) is 0 Å². The molecule has 0 heterocycles. The van der Waals surface area contributed by atoms with E-state index >= 15 is 0 Å². The first-order valence-electron chi connectivity index (χ1n) is 6.81. The summed E-state index contributed by atoms with van der Waals surface area (Å²) in [5, 5.41) is 2.97. The lowest BCUT2D eigenvalue weighted by molar-refractivity contribution is 0.0952. The molecule has 124 valence electrons. The van der Waals surface area contributed by atoms with E-state index < -0.39 is 10.0 Å². The van der Waals surface area contributed by atoms with Gasteiger partial charge in [0.1, 0.15) is 0 Å². The quantitative estimate of drug-likeness (QED) is 0.754. The third-order valence-electron chi connectivity index (χ3n) is 3.03. The van der Waals surface area contributed by atoms with Gasteiger partial charge in [-0.3, -0.25) is 4.79 Å². The lowest BCUT2D eigenvalue weighted by Gasteiger charge is -2.13. The Balaban J connectivity index is 2.89. The van der Waals surface area contributed by atoms with Crippen molar-refractivity contribution >= 4 is 27.5 Å². The molecule has 1 N–H and O–H groups in total. The third-order valence-corrected chi connectivity index (χ3v) is 5.17. The number of halogens is 1. The number of benzene rings is 1. The van der Waals surface area contributed by atoms with Crippen molar-refractivity contribution in [1.29, 1.82) is 0 Å². The predicted octanol–water partition coefficient (Wildman–Crippen LogP) is 1.27. The Morgan fingerprint density at radius 1 is 1.23 bits per heavy atom. The third kappa shape index (κ3) is 4.95. The largest absolute Gasteiger partial charge is 0.352 e. The number of carbonyl (C=O) groups is 1. The number of rotatable bonds is 7. The summed E-state index contributed by atoms with van der Waals surface area (Å²) in [6.45, 7) is 1.35. The standard InChI is InChI=1S/C14H22ClN3O3S/c1-17(2)9-5-8-16-14(19)12-10-11(6-7-13(12)15)22(20,21)18(3)4/h6-7,10H,5,8-9H2,1-4H3,(H,16,19). The van der Waals surface area contributed by atoms with Crippen molar-refractivity contribution in [3.8, 4) is 0 Å². The van der Waals surface area contributed by atoms with Crippen LogP contribution in [0.5, 0.6) is 0 Å². The summed E-state index contributed by atoms with van der Waals surface area (Å²) in [5.74, 6) is -0.375. The molecule has 1 aromatic rings. The molecule has 1 rings (SSSR count). The van der Waals surface area contributed by atoms with E-state index in [1.165, 1.54) is 32.3 Å². The molecule has 0 unspecified atom stereocenters. The normalized spacial score (nSPS) is 12.0. The van der Waals surface area contributed by atoms with Crippen molar-refractivity contribution in [1.82, 2.24) is 14.5 Å². The van der Waals surface area contributed by atoms with Crippen molar-refractivity contribution in [2.75, 3.05) is 41.3 Å². The van der Waals surface area contributed by atoms with Gasteiger partial charge in [0.15, 0.2) is 0 Å². The maximum atomic E-state index is 12.1. The van der Waals surface area contributed by atoms with Gasteiger partial charge in [-0.25, -0.2) is 12.7 Å². The first-order chi connectivity index (χ1) is 10.2. The summed E-state index contributed by atoms with van der Waals surface area (Å²) in [5.41, 5.74) is 0.162. The highest BCUT2D eigenvalue weighted by molar-refractivity contribution is 7.89. The average Bonchev–Trinajstić information content (AvgIpc) is 2.43. The Hall–Kier alpha value is -1.15. The van der Waals surface area contributed by atoms with E-state index in [0.29, 0.717) is 6.54 Å². The zero-order valence-corrected chi connectivity index (χ0v) is 14.8. The van der Waals surface area contributed by atoms with Gasteiger partial charge in [-0.1, -0.05) is 11.6 Å². The van der Waals surface area contributed by atoms with Crippen LogP contribution >= 0.6 is 11.6 Å². The van der Waals surface area contributed by atoms with Crippen LogP contribution in [0.25, 0.3) is 0 Å². The second-order valence-electron chi connectivity index (χ2n) is 5.34. The van der Waals surface area contributed by atoms with E-state index in [2.05, 4.69) is 5.32 Å². The number of nitrogens with one attached hydrogen (secondary N) is 1. The molecule has 1 amide bonds. The zero-order chi connectivity index (χ0) is 16.9. The van der Waals surface area contributed by atoms with Crippen LogP contribution in [-0.2, 0) is 10.0 Å². The number of carbonyl (C=O) groups excluding carboxylic acids is 1. The van der Waals surface area contributed by atoms with Crippen LogP contribution in [0.2, 0.25) is 5.02 Å². The van der Waals surface area contributed by atoms with E-state index in [4.69, 9.17) is 11.6 Å². The van der Waals surface area contributed by atoms with Crippen LogP contribution in [0.4, 0.5) is 0 Å². The van der Waals surface area contributed by atoms with Gasteiger partial charge in [-0.2, -0.15) is 0 Å². The molecule has 0 saturated heterocycles. The SMILES string of the molecule is CN(C)CCCNC(=O)c1cc(S(=O)(=O)N(C)C)ccc1Cl. The number of hydrogen-bond donors (Lipinski definition) is 1. The minimum Gasteiger partial charge on any atom is -0.352 e. The number of nitrogens with zero attached hydrogens (tertiary/aromatic N) is 2. The summed E-state index contributed by atoms with van der Waals surface area (Å²) in [7, 11) is 3.18. The Labute approximate surface area is 137 Å². The molecule has 0 spiro atoms. The smallest absolute Gasteiger partial charge is 0.252 e. The van der Waals surface area contributed by atoms with Gasteiger partial charge in [0.25, 0.3) is 5.91 Å². The molecule has 0 fully saturated rings. The van der Waals surface area contributed by atoms with Crippen LogP contribution in [-0.4, -0.2) is 64.8 Å².